The number of hydrogen-bond donors (Lipinski definition) is 1. The number of likely N-dealkylation sites (tertiary alicyclic amines) is 1. The van der Waals surface area contributed by atoms with Crippen molar-refractivity contribution in [2.24, 2.45) is 5.92 Å². The Bertz CT molecular complexity index is 408. The molecule has 2 rings (SSSR count). The van der Waals surface area contributed by atoms with Gasteiger partial charge in [0, 0.05) is 17.6 Å². The number of benzene rings is 1. The number of rotatable bonds is 2. The second kappa shape index (κ2) is 4.44. The predicted molar refractivity (Wildman–Crippen MR) is 62.6 cm³/mol. The van der Waals surface area contributed by atoms with Crippen LogP contribution in [-0.2, 0) is 4.79 Å². The molecule has 4 heteroatoms. The number of hydrogen-bond acceptors (Lipinski definition) is 2. The van der Waals surface area contributed by atoms with Gasteiger partial charge >= 0.3 is 5.97 Å². The lowest BCUT2D eigenvalue weighted by Gasteiger charge is -2.20. The molecule has 2 atom stereocenters. The Labute approximate surface area is 99.6 Å². The fourth-order valence-electron chi connectivity index (χ4n) is 2.29. The highest BCUT2D eigenvalue weighted by Gasteiger charge is 2.35. The first-order valence-electron chi connectivity index (χ1n) is 5.27. The van der Waals surface area contributed by atoms with Crippen LogP contribution in [0, 0.1) is 5.92 Å². The van der Waals surface area contributed by atoms with E-state index < -0.39 is 5.97 Å². The summed E-state index contributed by atoms with van der Waals surface area (Å²) in [5.41, 5.74) is 1.02. The molecule has 1 heterocycles. The van der Waals surface area contributed by atoms with Gasteiger partial charge in [0.1, 0.15) is 0 Å². The maximum Gasteiger partial charge on any atom is 0.307 e. The molecule has 0 bridgehead atoms. The van der Waals surface area contributed by atoms with Crippen LogP contribution in [0.2, 0.25) is 5.02 Å². The molecule has 0 aliphatic carbocycles. The molecule has 0 unspecified atom stereocenters. The van der Waals surface area contributed by atoms with Crippen molar-refractivity contribution in [1.29, 1.82) is 0 Å². The highest BCUT2D eigenvalue weighted by Crippen LogP contribution is 2.37. The summed E-state index contributed by atoms with van der Waals surface area (Å²) in [6.07, 6.45) is 0.634. The van der Waals surface area contributed by atoms with Gasteiger partial charge in [0.2, 0.25) is 0 Å². The molecule has 1 fully saturated rings. The van der Waals surface area contributed by atoms with Crippen LogP contribution in [0.5, 0.6) is 0 Å². The highest BCUT2D eigenvalue weighted by molar-refractivity contribution is 6.31. The van der Waals surface area contributed by atoms with E-state index in [2.05, 4.69) is 4.90 Å². The summed E-state index contributed by atoms with van der Waals surface area (Å²) < 4.78 is 0. The largest absolute Gasteiger partial charge is 0.481 e. The minimum Gasteiger partial charge on any atom is -0.481 e. The molecule has 3 nitrogen and oxygen atoms in total. The van der Waals surface area contributed by atoms with E-state index in [9.17, 15) is 4.79 Å². The standard InChI is InChI=1S/C12H14ClNO2/c1-14-7-8(12(15)16)6-11(14)9-4-2-3-5-10(9)13/h2-5,8,11H,6-7H2,1H3,(H,15,16)/t8-,11+/m0/s1. The van der Waals surface area contributed by atoms with Crippen molar-refractivity contribution in [3.8, 4) is 0 Å². The summed E-state index contributed by atoms with van der Waals surface area (Å²) in [5.74, 6) is -1.01. The molecule has 16 heavy (non-hydrogen) atoms. The Hall–Kier alpha value is -1.06. The van der Waals surface area contributed by atoms with Gasteiger partial charge in [-0.05, 0) is 25.1 Å². The van der Waals surface area contributed by atoms with Crippen LogP contribution >= 0.6 is 11.6 Å². The van der Waals surface area contributed by atoms with Crippen LogP contribution in [0.3, 0.4) is 0 Å². The molecule has 0 amide bonds. The van der Waals surface area contributed by atoms with Crippen molar-refractivity contribution in [2.75, 3.05) is 13.6 Å². The van der Waals surface area contributed by atoms with E-state index in [1.165, 1.54) is 0 Å². The molecule has 0 radical (unpaired) electrons. The van der Waals surface area contributed by atoms with Crippen LogP contribution in [0.1, 0.15) is 18.0 Å². The van der Waals surface area contributed by atoms with E-state index in [1.54, 1.807) is 0 Å². The molecule has 0 spiro atoms. The summed E-state index contributed by atoms with van der Waals surface area (Å²) in [4.78, 5) is 13.0. The fraction of sp³-hybridized carbons (Fsp3) is 0.417. The minimum atomic E-state index is -0.721. The van der Waals surface area contributed by atoms with Gasteiger partial charge in [-0.15, -0.1) is 0 Å². The molecule has 1 aliphatic rings. The van der Waals surface area contributed by atoms with Crippen molar-refractivity contribution in [3.63, 3.8) is 0 Å². The summed E-state index contributed by atoms with van der Waals surface area (Å²) in [7, 11) is 1.94. The Morgan fingerprint density at radius 1 is 1.50 bits per heavy atom. The van der Waals surface area contributed by atoms with Crippen molar-refractivity contribution >= 4 is 17.6 Å². The first-order chi connectivity index (χ1) is 7.59. The van der Waals surface area contributed by atoms with Crippen LogP contribution in [0.25, 0.3) is 0 Å². The number of carbonyl (C=O) groups is 1. The van der Waals surface area contributed by atoms with Gasteiger partial charge in [-0.25, -0.2) is 0 Å². The SMILES string of the molecule is CN1C[C@@H](C(=O)O)C[C@@H]1c1ccccc1Cl. The lowest BCUT2D eigenvalue weighted by atomic mass is 10.00. The topological polar surface area (TPSA) is 40.5 Å². The Balaban J connectivity index is 2.23. The van der Waals surface area contributed by atoms with Gasteiger partial charge < -0.3 is 5.11 Å². The summed E-state index contributed by atoms with van der Waals surface area (Å²) in [6, 6.07) is 7.75. The molecule has 0 aromatic heterocycles. The monoisotopic (exact) mass is 239 g/mol. The highest BCUT2D eigenvalue weighted by atomic mass is 35.5. The predicted octanol–water partition coefficient (Wildman–Crippen LogP) is 2.42. The molecular weight excluding hydrogens is 226 g/mol. The van der Waals surface area contributed by atoms with Crippen LogP contribution in [0.15, 0.2) is 24.3 Å². The zero-order chi connectivity index (χ0) is 11.7. The van der Waals surface area contributed by atoms with Crippen LogP contribution in [0.4, 0.5) is 0 Å². The average molecular weight is 240 g/mol. The van der Waals surface area contributed by atoms with Gasteiger partial charge in [0.25, 0.3) is 0 Å². The van der Waals surface area contributed by atoms with Crippen molar-refractivity contribution in [1.82, 2.24) is 4.90 Å². The summed E-state index contributed by atoms with van der Waals surface area (Å²) in [5, 5.41) is 9.72. The number of aliphatic carboxylic acids is 1. The smallest absolute Gasteiger partial charge is 0.307 e. The maximum absolute atomic E-state index is 10.9. The molecule has 1 aromatic rings. The number of carboxylic acid groups (broad SMARTS) is 1. The van der Waals surface area contributed by atoms with Gasteiger partial charge in [0.05, 0.1) is 5.92 Å². The van der Waals surface area contributed by atoms with Gasteiger partial charge in [-0.2, -0.15) is 0 Å². The van der Waals surface area contributed by atoms with E-state index in [-0.39, 0.29) is 12.0 Å². The summed E-state index contributed by atoms with van der Waals surface area (Å²) in [6.45, 7) is 0.589. The number of carboxylic acids is 1. The maximum atomic E-state index is 10.9. The quantitative estimate of drug-likeness (QED) is 0.862. The molecule has 1 N–H and O–H groups in total. The van der Waals surface area contributed by atoms with Crippen molar-refractivity contribution in [3.05, 3.63) is 34.9 Å². The Morgan fingerprint density at radius 3 is 2.75 bits per heavy atom. The van der Waals surface area contributed by atoms with Gasteiger partial charge in [-0.3, -0.25) is 9.69 Å². The first-order valence-corrected chi connectivity index (χ1v) is 5.65. The first kappa shape index (κ1) is 11.4. The van der Waals surface area contributed by atoms with Crippen molar-refractivity contribution < 1.29 is 9.90 Å². The third-order valence-electron chi connectivity index (χ3n) is 3.16. The van der Waals surface area contributed by atoms with Crippen LogP contribution < -0.4 is 0 Å². The van der Waals surface area contributed by atoms with E-state index in [4.69, 9.17) is 16.7 Å². The minimum absolute atomic E-state index is 0.120. The van der Waals surface area contributed by atoms with Crippen LogP contribution in [-0.4, -0.2) is 29.6 Å². The summed E-state index contributed by atoms with van der Waals surface area (Å²) >= 11 is 6.12. The lowest BCUT2D eigenvalue weighted by Crippen LogP contribution is -2.20. The Morgan fingerprint density at radius 2 is 2.19 bits per heavy atom. The average Bonchev–Trinajstić information content (AvgIpc) is 2.61. The molecule has 0 saturated carbocycles. The van der Waals surface area contributed by atoms with E-state index in [0.29, 0.717) is 18.0 Å². The van der Waals surface area contributed by atoms with E-state index in [0.717, 1.165) is 5.56 Å². The zero-order valence-electron chi connectivity index (χ0n) is 9.06. The second-order valence-electron chi connectivity index (χ2n) is 4.25. The normalized spacial score (nSPS) is 25.9. The molecule has 1 aliphatic heterocycles. The molecule has 86 valence electrons. The Kier molecular flexibility index (Phi) is 3.17. The fourth-order valence-corrected chi connectivity index (χ4v) is 2.55. The molecular formula is C12H14ClNO2. The second-order valence-corrected chi connectivity index (χ2v) is 4.65. The third-order valence-corrected chi connectivity index (χ3v) is 3.51. The van der Waals surface area contributed by atoms with Gasteiger partial charge in [-0.1, -0.05) is 29.8 Å². The van der Waals surface area contributed by atoms with E-state index in [1.807, 2.05) is 31.3 Å². The lowest BCUT2D eigenvalue weighted by molar-refractivity contribution is -0.141. The third kappa shape index (κ3) is 2.06. The number of halogens is 1. The number of nitrogens with zero attached hydrogens (tertiary/aromatic N) is 1. The van der Waals surface area contributed by atoms with Crippen molar-refractivity contribution in [2.45, 2.75) is 12.5 Å². The molecule has 1 saturated heterocycles. The van der Waals surface area contributed by atoms with E-state index >= 15 is 0 Å². The van der Waals surface area contributed by atoms with Gasteiger partial charge in [0.15, 0.2) is 0 Å². The molecule has 1 aromatic carbocycles. The zero-order valence-corrected chi connectivity index (χ0v) is 9.81.